The van der Waals surface area contributed by atoms with E-state index in [1.165, 1.54) is 12.1 Å². The first-order chi connectivity index (χ1) is 8.61. The molecule has 100 valence electrons. The van der Waals surface area contributed by atoms with Gasteiger partial charge in [-0.2, -0.15) is 0 Å². The molecule has 0 spiro atoms. The number of thiocarbonyl (C=S) groups is 1. The van der Waals surface area contributed by atoms with E-state index in [1.807, 2.05) is 13.0 Å². The van der Waals surface area contributed by atoms with Crippen LogP contribution in [-0.4, -0.2) is 31.4 Å². The van der Waals surface area contributed by atoms with Crippen LogP contribution in [0.15, 0.2) is 24.3 Å². The molecular formula is C13H19FN2OS. The zero-order valence-corrected chi connectivity index (χ0v) is 11.5. The Kier molecular flexibility index (Phi) is 6.60. The fourth-order valence-electron chi connectivity index (χ4n) is 1.58. The molecule has 0 saturated heterocycles. The van der Waals surface area contributed by atoms with Gasteiger partial charge >= 0.3 is 0 Å². The Morgan fingerprint density at radius 2 is 2.28 bits per heavy atom. The topological polar surface area (TPSA) is 33.3 Å². The van der Waals surface area contributed by atoms with Crippen molar-refractivity contribution in [2.24, 2.45) is 0 Å². The van der Waals surface area contributed by atoms with Gasteiger partial charge in [0.25, 0.3) is 0 Å². The molecule has 0 aliphatic carbocycles. The molecule has 18 heavy (non-hydrogen) atoms. The van der Waals surface area contributed by atoms with Crippen molar-refractivity contribution < 1.29 is 9.13 Å². The first-order valence-electron chi connectivity index (χ1n) is 5.89. The van der Waals surface area contributed by atoms with Crippen LogP contribution in [0.5, 0.6) is 0 Å². The highest BCUT2D eigenvalue weighted by Crippen LogP contribution is 2.03. The Morgan fingerprint density at radius 3 is 2.94 bits per heavy atom. The number of benzene rings is 1. The van der Waals surface area contributed by atoms with Gasteiger partial charge in [-0.25, -0.2) is 4.39 Å². The standard InChI is InChI=1S/C13H19FN2OS/c1-10(9-17-2)16-13(18)15-7-6-11-4-3-5-12(14)8-11/h3-5,8,10H,6-7,9H2,1-2H3,(H2,15,16,18). The average molecular weight is 270 g/mol. The van der Waals surface area contributed by atoms with E-state index in [2.05, 4.69) is 10.6 Å². The van der Waals surface area contributed by atoms with E-state index in [-0.39, 0.29) is 11.9 Å². The lowest BCUT2D eigenvalue weighted by atomic mass is 10.1. The van der Waals surface area contributed by atoms with E-state index in [4.69, 9.17) is 17.0 Å². The van der Waals surface area contributed by atoms with Gasteiger partial charge in [0.15, 0.2) is 5.11 Å². The highest BCUT2D eigenvalue weighted by Gasteiger charge is 2.02. The molecule has 1 aromatic carbocycles. The summed E-state index contributed by atoms with van der Waals surface area (Å²) >= 11 is 5.13. The second kappa shape index (κ2) is 8.00. The largest absolute Gasteiger partial charge is 0.383 e. The first-order valence-corrected chi connectivity index (χ1v) is 6.30. The van der Waals surface area contributed by atoms with Crippen molar-refractivity contribution in [3.63, 3.8) is 0 Å². The number of hydrogen-bond acceptors (Lipinski definition) is 2. The van der Waals surface area contributed by atoms with Crippen LogP contribution in [0.4, 0.5) is 4.39 Å². The Balaban J connectivity index is 2.23. The summed E-state index contributed by atoms with van der Waals surface area (Å²) in [5, 5.41) is 6.78. The Hall–Kier alpha value is -1.20. The van der Waals surface area contributed by atoms with E-state index < -0.39 is 0 Å². The number of halogens is 1. The predicted octanol–water partition coefficient (Wildman–Crippen LogP) is 1.87. The third kappa shape index (κ3) is 5.93. The van der Waals surface area contributed by atoms with E-state index >= 15 is 0 Å². The molecule has 3 nitrogen and oxygen atoms in total. The van der Waals surface area contributed by atoms with Crippen LogP contribution >= 0.6 is 12.2 Å². The van der Waals surface area contributed by atoms with E-state index in [1.54, 1.807) is 13.2 Å². The molecular weight excluding hydrogens is 251 g/mol. The van der Waals surface area contributed by atoms with E-state index in [0.29, 0.717) is 18.3 Å². The minimum Gasteiger partial charge on any atom is -0.383 e. The van der Waals surface area contributed by atoms with Crippen molar-refractivity contribution >= 4 is 17.3 Å². The lowest BCUT2D eigenvalue weighted by molar-refractivity contribution is 0.179. The van der Waals surface area contributed by atoms with Crippen LogP contribution in [0.25, 0.3) is 0 Å². The molecule has 2 N–H and O–H groups in total. The predicted molar refractivity (Wildman–Crippen MR) is 75.2 cm³/mol. The van der Waals surface area contributed by atoms with Gasteiger partial charge in [0.1, 0.15) is 5.82 Å². The van der Waals surface area contributed by atoms with Crippen molar-refractivity contribution in [1.82, 2.24) is 10.6 Å². The summed E-state index contributed by atoms with van der Waals surface area (Å²) < 4.78 is 17.9. The summed E-state index contributed by atoms with van der Waals surface area (Å²) in [5.74, 6) is -0.207. The van der Waals surface area contributed by atoms with Gasteiger partial charge < -0.3 is 15.4 Å². The Morgan fingerprint density at radius 1 is 1.50 bits per heavy atom. The highest BCUT2D eigenvalue weighted by atomic mass is 32.1. The SMILES string of the molecule is COCC(C)NC(=S)NCCc1cccc(F)c1. The van der Waals surface area contributed by atoms with Crippen LogP contribution < -0.4 is 10.6 Å². The summed E-state index contributed by atoms with van der Waals surface area (Å²) in [6.45, 7) is 3.27. The van der Waals surface area contributed by atoms with E-state index in [9.17, 15) is 4.39 Å². The van der Waals surface area contributed by atoms with E-state index in [0.717, 1.165) is 12.0 Å². The molecule has 0 bridgehead atoms. The fraction of sp³-hybridized carbons (Fsp3) is 0.462. The number of ether oxygens (including phenoxy) is 1. The van der Waals surface area contributed by atoms with Crippen LogP contribution in [-0.2, 0) is 11.2 Å². The normalized spacial score (nSPS) is 11.9. The van der Waals surface area contributed by atoms with Gasteiger partial charge in [-0.3, -0.25) is 0 Å². The summed E-state index contributed by atoms with van der Waals surface area (Å²) in [6, 6.07) is 6.75. The lowest BCUT2D eigenvalue weighted by Gasteiger charge is -2.16. The van der Waals surface area contributed by atoms with Crippen molar-refractivity contribution in [2.45, 2.75) is 19.4 Å². The third-order valence-corrected chi connectivity index (χ3v) is 2.64. The minimum atomic E-state index is -0.207. The first kappa shape index (κ1) is 14.9. The smallest absolute Gasteiger partial charge is 0.166 e. The Labute approximate surface area is 113 Å². The zero-order valence-electron chi connectivity index (χ0n) is 10.7. The Bertz CT molecular complexity index is 387. The third-order valence-electron chi connectivity index (χ3n) is 2.38. The highest BCUT2D eigenvalue weighted by molar-refractivity contribution is 7.80. The molecule has 0 radical (unpaired) electrons. The van der Waals surface area contributed by atoms with Crippen molar-refractivity contribution in [3.8, 4) is 0 Å². The zero-order chi connectivity index (χ0) is 13.4. The summed E-state index contributed by atoms with van der Waals surface area (Å²) in [5.41, 5.74) is 0.954. The van der Waals surface area contributed by atoms with Crippen LogP contribution in [0.2, 0.25) is 0 Å². The maximum absolute atomic E-state index is 12.9. The van der Waals surface area contributed by atoms with Gasteiger partial charge in [-0.1, -0.05) is 12.1 Å². The molecule has 0 amide bonds. The quantitative estimate of drug-likeness (QED) is 0.773. The van der Waals surface area contributed by atoms with Crippen molar-refractivity contribution in [1.29, 1.82) is 0 Å². The molecule has 1 atom stereocenters. The maximum Gasteiger partial charge on any atom is 0.166 e. The van der Waals surface area contributed by atoms with Gasteiger partial charge in [-0.05, 0) is 43.3 Å². The second-order valence-corrected chi connectivity index (χ2v) is 4.54. The molecule has 1 rings (SSSR count). The van der Waals surface area contributed by atoms with Gasteiger partial charge in [0, 0.05) is 19.7 Å². The van der Waals surface area contributed by atoms with Crippen molar-refractivity contribution in [3.05, 3.63) is 35.6 Å². The molecule has 5 heteroatoms. The molecule has 0 heterocycles. The molecule has 0 aliphatic rings. The van der Waals surface area contributed by atoms with Gasteiger partial charge in [0.05, 0.1) is 6.61 Å². The van der Waals surface area contributed by atoms with Gasteiger partial charge in [0.2, 0.25) is 0 Å². The molecule has 0 aromatic heterocycles. The average Bonchev–Trinajstić information content (AvgIpc) is 2.29. The maximum atomic E-state index is 12.9. The fourth-order valence-corrected chi connectivity index (χ4v) is 1.88. The summed E-state index contributed by atoms with van der Waals surface area (Å²) in [6.07, 6.45) is 0.734. The van der Waals surface area contributed by atoms with Crippen LogP contribution in [0, 0.1) is 5.82 Å². The number of rotatable bonds is 6. The van der Waals surface area contributed by atoms with Crippen molar-refractivity contribution in [2.75, 3.05) is 20.3 Å². The number of hydrogen-bond donors (Lipinski definition) is 2. The molecule has 0 saturated carbocycles. The summed E-state index contributed by atoms with van der Waals surface area (Å²) in [7, 11) is 1.65. The van der Waals surface area contributed by atoms with Gasteiger partial charge in [-0.15, -0.1) is 0 Å². The second-order valence-electron chi connectivity index (χ2n) is 4.14. The lowest BCUT2D eigenvalue weighted by Crippen LogP contribution is -2.43. The summed E-state index contributed by atoms with van der Waals surface area (Å²) in [4.78, 5) is 0. The minimum absolute atomic E-state index is 0.171. The van der Waals surface area contributed by atoms with Crippen LogP contribution in [0.1, 0.15) is 12.5 Å². The molecule has 0 fully saturated rings. The number of methoxy groups -OCH3 is 1. The van der Waals surface area contributed by atoms with Crippen LogP contribution in [0.3, 0.4) is 0 Å². The molecule has 1 aromatic rings. The molecule has 0 aliphatic heterocycles. The molecule has 1 unspecified atom stereocenters. The number of nitrogens with one attached hydrogen (secondary N) is 2. The monoisotopic (exact) mass is 270 g/mol.